The first kappa shape index (κ1) is 14.1. The normalized spacial score (nSPS) is 13.4. The second kappa shape index (κ2) is 6.27. The van der Waals surface area contributed by atoms with E-state index in [2.05, 4.69) is 33.4 Å². The summed E-state index contributed by atoms with van der Waals surface area (Å²) < 4.78 is 1.00. The van der Waals surface area contributed by atoms with Crippen LogP contribution in [0.25, 0.3) is 6.08 Å². The highest BCUT2D eigenvalue weighted by Crippen LogP contribution is 2.24. The van der Waals surface area contributed by atoms with Crippen LogP contribution in [0.2, 0.25) is 0 Å². The van der Waals surface area contributed by atoms with Gasteiger partial charge in [-0.25, -0.2) is 0 Å². The minimum Gasteiger partial charge on any atom is -0.323 e. The Balaban J connectivity index is 1.66. The topological polar surface area (TPSA) is 29.1 Å². The molecule has 0 heterocycles. The van der Waals surface area contributed by atoms with Crippen LogP contribution in [0.15, 0.2) is 53.0 Å². The van der Waals surface area contributed by atoms with E-state index in [9.17, 15) is 4.79 Å². The first-order chi connectivity index (χ1) is 10.2. The highest BCUT2D eigenvalue weighted by molar-refractivity contribution is 9.10. The van der Waals surface area contributed by atoms with E-state index in [1.807, 2.05) is 36.4 Å². The second-order valence-corrected chi connectivity index (χ2v) is 6.13. The number of nitrogens with one attached hydrogen (secondary N) is 1. The van der Waals surface area contributed by atoms with E-state index in [1.54, 1.807) is 6.08 Å². The molecule has 1 amide bonds. The van der Waals surface area contributed by atoms with Crippen molar-refractivity contribution in [3.8, 4) is 0 Å². The molecule has 0 unspecified atom stereocenters. The molecule has 1 aliphatic rings. The van der Waals surface area contributed by atoms with Gasteiger partial charge in [-0.05, 0) is 66.3 Å². The molecule has 1 N–H and O–H groups in total. The van der Waals surface area contributed by atoms with Crippen LogP contribution < -0.4 is 5.32 Å². The monoisotopic (exact) mass is 341 g/mol. The number of rotatable bonds is 3. The van der Waals surface area contributed by atoms with E-state index in [1.165, 1.54) is 17.5 Å². The highest BCUT2D eigenvalue weighted by Gasteiger charge is 2.11. The van der Waals surface area contributed by atoms with E-state index in [4.69, 9.17) is 0 Å². The summed E-state index contributed by atoms with van der Waals surface area (Å²) in [5, 5.41) is 2.92. The van der Waals surface area contributed by atoms with Crippen LogP contribution in [0.5, 0.6) is 0 Å². The standard InChI is InChI=1S/C18H16BrNO/c19-16-6-1-3-13(11-16)7-10-18(21)20-17-9-8-14-4-2-5-15(14)12-17/h1,3,6-12H,2,4-5H2,(H,20,21)/b10-7+. The van der Waals surface area contributed by atoms with Gasteiger partial charge in [0.2, 0.25) is 5.91 Å². The summed E-state index contributed by atoms with van der Waals surface area (Å²) >= 11 is 3.42. The van der Waals surface area contributed by atoms with Gasteiger partial charge in [0.25, 0.3) is 0 Å². The first-order valence-electron chi connectivity index (χ1n) is 7.07. The van der Waals surface area contributed by atoms with Crippen molar-refractivity contribution in [1.82, 2.24) is 0 Å². The van der Waals surface area contributed by atoms with Gasteiger partial charge in [0.15, 0.2) is 0 Å². The summed E-state index contributed by atoms with van der Waals surface area (Å²) in [7, 11) is 0. The molecule has 0 aliphatic heterocycles. The zero-order chi connectivity index (χ0) is 14.7. The molecule has 0 saturated carbocycles. The van der Waals surface area contributed by atoms with Crippen molar-refractivity contribution in [1.29, 1.82) is 0 Å². The van der Waals surface area contributed by atoms with Crippen LogP contribution >= 0.6 is 15.9 Å². The Morgan fingerprint density at radius 2 is 1.95 bits per heavy atom. The first-order valence-corrected chi connectivity index (χ1v) is 7.86. The number of carbonyl (C=O) groups is 1. The largest absolute Gasteiger partial charge is 0.323 e. The van der Waals surface area contributed by atoms with Crippen LogP contribution in [-0.4, -0.2) is 5.91 Å². The molecule has 3 heteroatoms. The number of aryl methyl sites for hydroxylation is 2. The average molecular weight is 342 g/mol. The van der Waals surface area contributed by atoms with Crippen LogP contribution in [0, 0.1) is 0 Å². The maximum absolute atomic E-state index is 12.0. The van der Waals surface area contributed by atoms with Crippen molar-refractivity contribution in [2.45, 2.75) is 19.3 Å². The smallest absolute Gasteiger partial charge is 0.248 e. The lowest BCUT2D eigenvalue weighted by Crippen LogP contribution is -2.08. The van der Waals surface area contributed by atoms with Gasteiger partial charge in [0, 0.05) is 16.2 Å². The summed E-state index contributed by atoms with van der Waals surface area (Å²) in [5.74, 6) is -0.104. The minimum absolute atomic E-state index is 0.104. The molecule has 0 spiro atoms. The van der Waals surface area contributed by atoms with Gasteiger partial charge >= 0.3 is 0 Å². The SMILES string of the molecule is O=C(/C=C/c1cccc(Br)c1)Nc1ccc2c(c1)CCC2. The maximum atomic E-state index is 12.0. The number of hydrogen-bond donors (Lipinski definition) is 1. The zero-order valence-electron chi connectivity index (χ0n) is 11.6. The lowest BCUT2D eigenvalue weighted by Gasteiger charge is -2.05. The van der Waals surface area contributed by atoms with Gasteiger partial charge in [-0.3, -0.25) is 4.79 Å². The zero-order valence-corrected chi connectivity index (χ0v) is 13.2. The van der Waals surface area contributed by atoms with Crippen LogP contribution in [0.3, 0.4) is 0 Å². The summed E-state index contributed by atoms with van der Waals surface area (Å²) in [6.45, 7) is 0. The van der Waals surface area contributed by atoms with Crippen molar-refractivity contribution in [3.63, 3.8) is 0 Å². The molecule has 0 bridgehead atoms. The van der Waals surface area contributed by atoms with E-state index < -0.39 is 0 Å². The Labute approximate surface area is 133 Å². The summed E-state index contributed by atoms with van der Waals surface area (Å²) in [6.07, 6.45) is 6.87. The summed E-state index contributed by atoms with van der Waals surface area (Å²) in [4.78, 5) is 12.0. The Morgan fingerprint density at radius 3 is 2.81 bits per heavy atom. The summed E-state index contributed by atoms with van der Waals surface area (Å²) in [5.41, 5.74) is 4.65. The van der Waals surface area contributed by atoms with E-state index >= 15 is 0 Å². The van der Waals surface area contributed by atoms with Crippen molar-refractivity contribution >= 4 is 33.6 Å². The van der Waals surface area contributed by atoms with Gasteiger partial charge in [0.1, 0.15) is 0 Å². The molecule has 2 aromatic rings. The number of amides is 1. The number of benzene rings is 2. The number of anilines is 1. The third kappa shape index (κ3) is 3.61. The number of halogens is 1. The van der Waals surface area contributed by atoms with Gasteiger partial charge in [-0.1, -0.05) is 34.1 Å². The fourth-order valence-corrected chi connectivity index (χ4v) is 3.03. The van der Waals surface area contributed by atoms with Crippen molar-refractivity contribution < 1.29 is 4.79 Å². The lowest BCUT2D eigenvalue weighted by molar-refractivity contribution is -0.111. The number of fused-ring (bicyclic) bond motifs is 1. The Hall–Kier alpha value is -1.87. The molecule has 2 nitrogen and oxygen atoms in total. The number of carbonyl (C=O) groups excluding carboxylic acids is 1. The second-order valence-electron chi connectivity index (χ2n) is 5.21. The maximum Gasteiger partial charge on any atom is 0.248 e. The third-order valence-corrected chi connectivity index (χ3v) is 4.14. The molecule has 106 valence electrons. The van der Waals surface area contributed by atoms with Gasteiger partial charge < -0.3 is 5.32 Å². The molecule has 1 aliphatic carbocycles. The van der Waals surface area contributed by atoms with Crippen LogP contribution in [0.4, 0.5) is 5.69 Å². The fourth-order valence-electron chi connectivity index (χ4n) is 2.62. The Kier molecular flexibility index (Phi) is 4.20. The fraction of sp³-hybridized carbons (Fsp3) is 0.167. The van der Waals surface area contributed by atoms with Gasteiger partial charge in [0.05, 0.1) is 0 Å². The van der Waals surface area contributed by atoms with E-state index in [0.29, 0.717) is 0 Å². The third-order valence-electron chi connectivity index (χ3n) is 3.64. The molecule has 2 aromatic carbocycles. The lowest BCUT2D eigenvalue weighted by atomic mass is 10.1. The van der Waals surface area contributed by atoms with Crippen LogP contribution in [0.1, 0.15) is 23.1 Å². The van der Waals surface area contributed by atoms with Crippen molar-refractivity contribution in [2.24, 2.45) is 0 Å². The molecular formula is C18H16BrNO. The minimum atomic E-state index is -0.104. The molecule has 0 saturated heterocycles. The molecule has 21 heavy (non-hydrogen) atoms. The molecule has 0 radical (unpaired) electrons. The van der Waals surface area contributed by atoms with E-state index in [-0.39, 0.29) is 5.91 Å². The highest BCUT2D eigenvalue weighted by atomic mass is 79.9. The molecule has 0 atom stereocenters. The molecular weight excluding hydrogens is 326 g/mol. The predicted octanol–water partition coefficient (Wildman–Crippen LogP) is 4.59. The molecule has 3 rings (SSSR count). The molecule has 0 fully saturated rings. The van der Waals surface area contributed by atoms with Crippen LogP contribution in [-0.2, 0) is 17.6 Å². The average Bonchev–Trinajstić information content (AvgIpc) is 2.93. The summed E-state index contributed by atoms with van der Waals surface area (Å²) in [6, 6.07) is 14.0. The van der Waals surface area contributed by atoms with Gasteiger partial charge in [-0.2, -0.15) is 0 Å². The van der Waals surface area contributed by atoms with Gasteiger partial charge in [-0.15, -0.1) is 0 Å². The van der Waals surface area contributed by atoms with Crippen molar-refractivity contribution in [3.05, 3.63) is 69.7 Å². The Morgan fingerprint density at radius 1 is 1.10 bits per heavy atom. The van der Waals surface area contributed by atoms with E-state index in [0.717, 1.165) is 28.6 Å². The Bertz CT molecular complexity index is 706. The number of hydrogen-bond acceptors (Lipinski definition) is 1. The van der Waals surface area contributed by atoms with Crippen molar-refractivity contribution in [2.75, 3.05) is 5.32 Å². The molecule has 0 aromatic heterocycles. The quantitative estimate of drug-likeness (QED) is 0.812. The predicted molar refractivity (Wildman–Crippen MR) is 90.3 cm³/mol.